The fraction of sp³-hybridized carbons (Fsp3) is 0. The molecule has 0 saturated heterocycles. The maximum Gasteiger partial charge on any atom is 0.143 e. The Kier molecular flexibility index (Phi) is 8.87. The Bertz CT molecular complexity index is 3270. The van der Waals surface area contributed by atoms with Crippen LogP contribution in [0.1, 0.15) is 0 Å². The predicted molar refractivity (Wildman–Crippen MR) is 253 cm³/mol. The SMILES string of the molecule is c1ccc(-c2ccc(-c3ccc(N(c4ccc(-c5cccc6ccccc56)cc4)c4cc(-c5ccccc5)ccc4-c4cccc5c4oc4ccccc45)cc3)cc2)cc1. The van der Waals surface area contributed by atoms with Gasteiger partial charge in [0.25, 0.3) is 0 Å². The molecule has 1 heterocycles. The van der Waals surface area contributed by atoms with Crippen molar-refractivity contribution < 1.29 is 4.42 Å². The van der Waals surface area contributed by atoms with Crippen LogP contribution in [0.4, 0.5) is 17.1 Å². The molecule has 0 aliphatic rings. The molecule has 0 unspecified atom stereocenters. The lowest BCUT2D eigenvalue weighted by molar-refractivity contribution is 0.670. The Morgan fingerprint density at radius 2 is 0.750 bits per heavy atom. The van der Waals surface area contributed by atoms with Crippen molar-refractivity contribution in [1.82, 2.24) is 0 Å². The van der Waals surface area contributed by atoms with Gasteiger partial charge in [-0.15, -0.1) is 0 Å². The van der Waals surface area contributed by atoms with Gasteiger partial charge in [-0.05, 0) is 91.7 Å². The number of para-hydroxylation sites is 2. The fourth-order valence-electron chi connectivity index (χ4n) is 8.70. The summed E-state index contributed by atoms with van der Waals surface area (Å²) < 4.78 is 6.68. The van der Waals surface area contributed by atoms with Crippen LogP contribution in [0.5, 0.6) is 0 Å². The molecule has 0 fully saturated rings. The molecule has 10 aromatic carbocycles. The first-order valence-corrected chi connectivity index (χ1v) is 20.5. The molecule has 0 spiro atoms. The zero-order valence-electron chi connectivity index (χ0n) is 32.9. The lowest BCUT2D eigenvalue weighted by Crippen LogP contribution is -2.11. The zero-order chi connectivity index (χ0) is 39.8. The standard InChI is InChI=1S/C58H39NO/c1-3-13-40(14-4-1)42-25-27-43(28-26-42)44-29-34-48(35-30-44)59(49-36-31-46(32-37-49)51-21-11-18-45-17-7-8-19-50(45)51)56-39-47(41-15-5-2-6-16-41)33-38-52(56)54-22-12-23-55-53-20-9-10-24-57(53)60-58(54)55/h1-39H. The first-order chi connectivity index (χ1) is 29.7. The Labute approximate surface area is 349 Å². The van der Waals surface area contributed by atoms with Crippen LogP contribution in [-0.2, 0) is 0 Å². The minimum absolute atomic E-state index is 0.882. The minimum Gasteiger partial charge on any atom is -0.455 e. The maximum absolute atomic E-state index is 6.68. The normalized spacial score (nSPS) is 11.3. The van der Waals surface area contributed by atoms with Crippen LogP contribution >= 0.6 is 0 Å². The molecular formula is C58H39NO. The van der Waals surface area contributed by atoms with Gasteiger partial charge < -0.3 is 9.32 Å². The van der Waals surface area contributed by atoms with Gasteiger partial charge in [0.1, 0.15) is 11.2 Å². The fourth-order valence-corrected chi connectivity index (χ4v) is 8.70. The number of benzene rings is 10. The Morgan fingerprint density at radius 1 is 0.283 bits per heavy atom. The highest BCUT2D eigenvalue weighted by Crippen LogP contribution is 2.46. The van der Waals surface area contributed by atoms with Gasteiger partial charge >= 0.3 is 0 Å². The number of hydrogen-bond acceptors (Lipinski definition) is 2. The Morgan fingerprint density at radius 3 is 1.43 bits per heavy atom. The third-order valence-corrected chi connectivity index (χ3v) is 11.7. The second-order valence-electron chi connectivity index (χ2n) is 15.3. The van der Waals surface area contributed by atoms with Gasteiger partial charge in [-0.2, -0.15) is 0 Å². The van der Waals surface area contributed by atoms with E-state index in [1.54, 1.807) is 0 Å². The van der Waals surface area contributed by atoms with Gasteiger partial charge in [0.2, 0.25) is 0 Å². The third-order valence-electron chi connectivity index (χ3n) is 11.7. The summed E-state index contributed by atoms with van der Waals surface area (Å²) in [7, 11) is 0. The van der Waals surface area contributed by atoms with Crippen LogP contribution in [0, 0.1) is 0 Å². The molecule has 11 rings (SSSR count). The summed E-state index contributed by atoms with van der Waals surface area (Å²) in [6.07, 6.45) is 0. The smallest absolute Gasteiger partial charge is 0.143 e. The molecule has 2 nitrogen and oxygen atoms in total. The van der Waals surface area contributed by atoms with E-state index in [0.717, 1.165) is 66.8 Å². The van der Waals surface area contributed by atoms with Crippen LogP contribution in [0.15, 0.2) is 241 Å². The second kappa shape index (κ2) is 15.1. The third kappa shape index (κ3) is 6.41. The first kappa shape index (κ1) is 35.2. The number of nitrogens with zero attached hydrogens (tertiary/aromatic N) is 1. The van der Waals surface area contributed by atoms with E-state index in [1.165, 1.54) is 38.6 Å². The van der Waals surface area contributed by atoms with Gasteiger partial charge in [-0.3, -0.25) is 0 Å². The minimum atomic E-state index is 0.882. The molecule has 0 aliphatic heterocycles. The van der Waals surface area contributed by atoms with Crippen molar-refractivity contribution in [3.63, 3.8) is 0 Å². The molecule has 2 heteroatoms. The summed E-state index contributed by atoms with van der Waals surface area (Å²) in [6, 6.07) is 84.9. The number of fused-ring (bicyclic) bond motifs is 4. The molecule has 0 radical (unpaired) electrons. The van der Waals surface area contributed by atoms with Gasteiger partial charge in [-0.25, -0.2) is 0 Å². The number of anilines is 3. The van der Waals surface area contributed by atoms with E-state index in [-0.39, 0.29) is 0 Å². The largest absolute Gasteiger partial charge is 0.455 e. The van der Waals surface area contributed by atoms with E-state index in [9.17, 15) is 0 Å². The van der Waals surface area contributed by atoms with Crippen molar-refractivity contribution >= 4 is 49.8 Å². The van der Waals surface area contributed by atoms with E-state index in [0.29, 0.717) is 0 Å². The molecule has 11 aromatic rings. The van der Waals surface area contributed by atoms with Crippen molar-refractivity contribution in [2.45, 2.75) is 0 Å². The van der Waals surface area contributed by atoms with Crippen molar-refractivity contribution in [2.75, 3.05) is 4.90 Å². The molecule has 60 heavy (non-hydrogen) atoms. The lowest BCUT2D eigenvalue weighted by atomic mass is 9.95. The first-order valence-electron chi connectivity index (χ1n) is 20.5. The molecule has 1 aromatic heterocycles. The van der Waals surface area contributed by atoms with Crippen molar-refractivity contribution in [3.05, 3.63) is 237 Å². The molecule has 0 bridgehead atoms. The lowest BCUT2D eigenvalue weighted by Gasteiger charge is -2.29. The van der Waals surface area contributed by atoms with Gasteiger partial charge in [0, 0.05) is 33.3 Å². The van der Waals surface area contributed by atoms with Crippen molar-refractivity contribution in [2.24, 2.45) is 0 Å². The second-order valence-corrected chi connectivity index (χ2v) is 15.3. The Balaban J connectivity index is 1.09. The highest BCUT2D eigenvalue weighted by molar-refractivity contribution is 6.11. The Hall–Kier alpha value is -7.94. The number of hydrogen-bond donors (Lipinski definition) is 0. The van der Waals surface area contributed by atoms with E-state index >= 15 is 0 Å². The van der Waals surface area contributed by atoms with E-state index in [4.69, 9.17) is 4.42 Å². The van der Waals surface area contributed by atoms with Crippen LogP contribution in [0.25, 0.3) is 88.3 Å². The van der Waals surface area contributed by atoms with E-state index < -0.39 is 0 Å². The van der Waals surface area contributed by atoms with Crippen molar-refractivity contribution in [1.29, 1.82) is 0 Å². The van der Waals surface area contributed by atoms with E-state index in [2.05, 4.69) is 235 Å². The molecular weight excluding hydrogens is 727 g/mol. The molecule has 0 aliphatic carbocycles. The van der Waals surface area contributed by atoms with Crippen molar-refractivity contribution in [3.8, 4) is 55.6 Å². The molecule has 0 N–H and O–H groups in total. The quantitative estimate of drug-likeness (QED) is 0.153. The average Bonchev–Trinajstić information content (AvgIpc) is 3.72. The monoisotopic (exact) mass is 765 g/mol. The summed E-state index contributed by atoms with van der Waals surface area (Å²) in [5.41, 5.74) is 16.5. The molecule has 0 amide bonds. The van der Waals surface area contributed by atoms with Crippen LogP contribution < -0.4 is 4.90 Å². The van der Waals surface area contributed by atoms with Crippen LogP contribution in [0.2, 0.25) is 0 Å². The summed E-state index contributed by atoms with van der Waals surface area (Å²) in [5, 5.41) is 4.70. The molecule has 0 saturated carbocycles. The van der Waals surface area contributed by atoms with Crippen LogP contribution in [-0.4, -0.2) is 0 Å². The summed E-state index contributed by atoms with van der Waals surface area (Å²) in [4.78, 5) is 2.40. The highest BCUT2D eigenvalue weighted by atomic mass is 16.3. The molecule has 282 valence electrons. The van der Waals surface area contributed by atoms with Crippen LogP contribution in [0.3, 0.4) is 0 Å². The van der Waals surface area contributed by atoms with Gasteiger partial charge in [0.05, 0.1) is 5.69 Å². The average molecular weight is 766 g/mol. The van der Waals surface area contributed by atoms with Gasteiger partial charge in [-0.1, -0.05) is 200 Å². The topological polar surface area (TPSA) is 16.4 Å². The summed E-state index contributed by atoms with van der Waals surface area (Å²) in [5.74, 6) is 0. The zero-order valence-corrected chi connectivity index (χ0v) is 32.9. The number of rotatable bonds is 8. The van der Waals surface area contributed by atoms with Gasteiger partial charge in [0.15, 0.2) is 0 Å². The molecule has 0 atom stereocenters. The van der Waals surface area contributed by atoms with E-state index in [1.807, 2.05) is 6.07 Å². The predicted octanol–water partition coefficient (Wildman–Crippen LogP) is 16.5. The number of furan rings is 1. The highest BCUT2D eigenvalue weighted by Gasteiger charge is 2.22. The summed E-state index contributed by atoms with van der Waals surface area (Å²) >= 11 is 0. The maximum atomic E-state index is 6.68. The summed E-state index contributed by atoms with van der Waals surface area (Å²) in [6.45, 7) is 0.